The van der Waals surface area contributed by atoms with Crippen molar-refractivity contribution in [1.82, 2.24) is 9.38 Å². The van der Waals surface area contributed by atoms with Crippen molar-refractivity contribution in [2.75, 3.05) is 0 Å². The number of pyridine rings is 1. The first-order valence-electron chi connectivity index (χ1n) is 3.61. The van der Waals surface area contributed by atoms with E-state index in [0.29, 0.717) is 20.2 Å². The molecule has 72 valence electrons. The van der Waals surface area contributed by atoms with Crippen molar-refractivity contribution in [1.29, 1.82) is 0 Å². The van der Waals surface area contributed by atoms with Gasteiger partial charge in [-0.05, 0) is 44.6 Å². The third-order valence-corrected chi connectivity index (χ3v) is 2.97. The summed E-state index contributed by atoms with van der Waals surface area (Å²) in [6, 6.07) is 1.31. The fraction of sp³-hybridized carbons (Fsp3) is 0. The first-order valence-corrected chi connectivity index (χ1v) is 5.48. The highest BCUT2D eigenvalue weighted by atomic mass is 127. The summed E-state index contributed by atoms with van der Waals surface area (Å²) in [6.07, 6.45) is 2.27. The van der Waals surface area contributed by atoms with Gasteiger partial charge in [-0.1, -0.05) is 0 Å². The van der Waals surface area contributed by atoms with E-state index in [-0.39, 0.29) is 5.65 Å². The number of nitrogens with zero attached hydrogens (tertiary/aromatic N) is 2. The summed E-state index contributed by atoms with van der Waals surface area (Å²) in [5.41, 5.74) is 0.528. The maximum atomic E-state index is 13.3. The molecule has 14 heavy (non-hydrogen) atoms. The van der Waals surface area contributed by atoms with Crippen LogP contribution >= 0.6 is 38.5 Å². The molecule has 0 aromatic carbocycles. The Morgan fingerprint density at radius 3 is 3.00 bits per heavy atom. The predicted molar refractivity (Wildman–Crippen MR) is 61.0 cm³/mol. The molecule has 2 rings (SSSR count). The second-order valence-electron chi connectivity index (χ2n) is 2.61. The zero-order valence-electron chi connectivity index (χ0n) is 6.67. The van der Waals surface area contributed by atoms with E-state index in [1.165, 1.54) is 10.5 Å². The molecule has 0 aliphatic carbocycles. The molecule has 0 saturated heterocycles. The average Bonchev–Trinajstić information content (AvgIpc) is 2.41. The number of carbonyl (C=O) groups excluding carboxylic acids is 1. The van der Waals surface area contributed by atoms with Crippen LogP contribution in [0.3, 0.4) is 0 Å². The maximum absolute atomic E-state index is 13.3. The van der Waals surface area contributed by atoms with Crippen LogP contribution in [0.15, 0.2) is 16.7 Å². The molecule has 0 fully saturated rings. The van der Waals surface area contributed by atoms with Gasteiger partial charge >= 0.3 is 0 Å². The van der Waals surface area contributed by atoms with E-state index in [0.717, 1.165) is 0 Å². The van der Waals surface area contributed by atoms with Crippen molar-refractivity contribution in [3.05, 3.63) is 31.9 Å². The van der Waals surface area contributed by atoms with Gasteiger partial charge < -0.3 is 0 Å². The normalized spacial score (nSPS) is 10.8. The van der Waals surface area contributed by atoms with Crippen LogP contribution in [0, 0.1) is 9.52 Å². The molecule has 6 heteroatoms. The molecule has 0 unspecified atom stereocenters. The zero-order valence-corrected chi connectivity index (χ0v) is 10.4. The van der Waals surface area contributed by atoms with Gasteiger partial charge in [0.05, 0.1) is 0 Å². The van der Waals surface area contributed by atoms with Crippen molar-refractivity contribution < 1.29 is 9.18 Å². The Bertz CT molecular complexity index is 526. The van der Waals surface area contributed by atoms with E-state index < -0.39 is 5.82 Å². The standard InChI is InChI=1S/C8H3BrFIN2O/c9-4-1-5(10)8-12-7(11)6(3-14)13(8)2-4/h1-3H. The molecule has 2 heterocycles. The maximum Gasteiger partial charge on any atom is 0.174 e. The van der Waals surface area contributed by atoms with Gasteiger partial charge in [0, 0.05) is 10.7 Å². The number of imidazole rings is 1. The summed E-state index contributed by atoms with van der Waals surface area (Å²) in [5.74, 6) is -0.453. The van der Waals surface area contributed by atoms with E-state index in [1.807, 2.05) is 22.6 Å². The van der Waals surface area contributed by atoms with Gasteiger partial charge in [0.25, 0.3) is 0 Å². The van der Waals surface area contributed by atoms with Crippen molar-refractivity contribution in [2.45, 2.75) is 0 Å². The molecule has 0 amide bonds. The van der Waals surface area contributed by atoms with Gasteiger partial charge in [0.2, 0.25) is 0 Å². The van der Waals surface area contributed by atoms with Crippen molar-refractivity contribution in [3.63, 3.8) is 0 Å². The molecular weight excluding hydrogens is 366 g/mol. The highest BCUT2D eigenvalue weighted by molar-refractivity contribution is 14.1. The number of aldehydes is 1. The van der Waals surface area contributed by atoms with Gasteiger partial charge in [0.15, 0.2) is 17.8 Å². The van der Waals surface area contributed by atoms with Gasteiger partial charge in [-0.25, -0.2) is 9.37 Å². The van der Waals surface area contributed by atoms with E-state index in [2.05, 4.69) is 20.9 Å². The molecule has 0 atom stereocenters. The van der Waals surface area contributed by atoms with Crippen LogP contribution in [-0.2, 0) is 0 Å². The van der Waals surface area contributed by atoms with Crippen molar-refractivity contribution in [3.8, 4) is 0 Å². The number of hydrogen-bond donors (Lipinski definition) is 0. The number of carbonyl (C=O) groups is 1. The van der Waals surface area contributed by atoms with E-state index in [9.17, 15) is 9.18 Å². The van der Waals surface area contributed by atoms with Gasteiger partial charge in [-0.2, -0.15) is 0 Å². The minimum atomic E-state index is -0.453. The van der Waals surface area contributed by atoms with Crippen LogP contribution in [0.4, 0.5) is 4.39 Å². The quantitative estimate of drug-likeness (QED) is 0.573. The smallest absolute Gasteiger partial charge is 0.174 e. The van der Waals surface area contributed by atoms with Crippen molar-refractivity contribution in [2.24, 2.45) is 0 Å². The summed E-state index contributed by atoms with van der Waals surface area (Å²) in [4.78, 5) is 14.7. The molecular formula is C8H3BrFIN2O. The topological polar surface area (TPSA) is 34.4 Å². The molecule has 0 bridgehead atoms. The molecule has 3 nitrogen and oxygen atoms in total. The van der Waals surface area contributed by atoms with Crippen molar-refractivity contribution >= 4 is 50.5 Å². The number of aromatic nitrogens is 2. The number of fused-ring (bicyclic) bond motifs is 1. The lowest BCUT2D eigenvalue weighted by Gasteiger charge is -1.97. The Balaban J connectivity index is 2.94. The first-order chi connectivity index (χ1) is 6.63. The second kappa shape index (κ2) is 3.58. The van der Waals surface area contributed by atoms with Gasteiger partial charge in [-0.3, -0.25) is 9.20 Å². The molecule has 2 aromatic heterocycles. The Hall–Kier alpha value is -0.500. The number of halogens is 3. The Morgan fingerprint density at radius 1 is 1.64 bits per heavy atom. The molecule has 0 N–H and O–H groups in total. The first kappa shape index (κ1) is 10.0. The Morgan fingerprint density at radius 2 is 2.36 bits per heavy atom. The molecule has 0 radical (unpaired) electrons. The minimum absolute atomic E-state index is 0.166. The van der Waals surface area contributed by atoms with Gasteiger partial charge in [0.1, 0.15) is 9.39 Å². The van der Waals surface area contributed by atoms with Crippen LogP contribution in [0.25, 0.3) is 5.65 Å². The molecule has 0 saturated carbocycles. The van der Waals surface area contributed by atoms with Crippen LogP contribution in [0.1, 0.15) is 10.5 Å². The predicted octanol–water partition coefficient (Wildman–Crippen LogP) is 2.65. The second-order valence-corrected chi connectivity index (χ2v) is 4.54. The zero-order chi connectivity index (χ0) is 10.3. The number of hydrogen-bond acceptors (Lipinski definition) is 2. The van der Waals surface area contributed by atoms with E-state index in [4.69, 9.17) is 0 Å². The van der Waals surface area contributed by atoms with Crippen LogP contribution < -0.4 is 0 Å². The molecule has 0 spiro atoms. The lowest BCUT2D eigenvalue weighted by Crippen LogP contribution is -1.93. The Labute approximate surface area is 101 Å². The summed E-state index contributed by atoms with van der Waals surface area (Å²) in [6.45, 7) is 0. The molecule has 0 aliphatic heterocycles. The summed E-state index contributed by atoms with van der Waals surface area (Å²) in [5, 5.41) is 0. The van der Waals surface area contributed by atoms with Crippen LogP contribution in [0.2, 0.25) is 0 Å². The summed E-state index contributed by atoms with van der Waals surface area (Å²) >= 11 is 5.05. The highest BCUT2D eigenvalue weighted by Gasteiger charge is 2.12. The monoisotopic (exact) mass is 368 g/mol. The fourth-order valence-corrected chi connectivity index (χ4v) is 2.19. The van der Waals surface area contributed by atoms with Crippen LogP contribution in [-0.4, -0.2) is 15.7 Å². The van der Waals surface area contributed by atoms with Gasteiger partial charge in [-0.15, -0.1) is 0 Å². The largest absolute Gasteiger partial charge is 0.296 e. The lowest BCUT2D eigenvalue weighted by molar-refractivity contribution is 0.111. The summed E-state index contributed by atoms with van der Waals surface area (Å²) in [7, 11) is 0. The highest BCUT2D eigenvalue weighted by Crippen LogP contribution is 2.20. The third kappa shape index (κ3) is 1.46. The van der Waals surface area contributed by atoms with E-state index in [1.54, 1.807) is 6.20 Å². The molecule has 2 aromatic rings. The minimum Gasteiger partial charge on any atom is -0.296 e. The lowest BCUT2D eigenvalue weighted by atomic mass is 10.4. The molecule has 0 aliphatic rings. The Kier molecular flexibility index (Phi) is 2.56. The van der Waals surface area contributed by atoms with E-state index >= 15 is 0 Å². The van der Waals surface area contributed by atoms with Crippen LogP contribution in [0.5, 0.6) is 0 Å². The SMILES string of the molecule is O=Cc1c(I)nc2c(F)cc(Br)cn12. The fourth-order valence-electron chi connectivity index (χ4n) is 1.17. The summed E-state index contributed by atoms with van der Waals surface area (Å²) < 4.78 is 15.8. The third-order valence-electron chi connectivity index (χ3n) is 1.75. The average molecular weight is 369 g/mol. The number of rotatable bonds is 1.